The van der Waals surface area contributed by atoms with Gasteiger partial charge in [-0.15, -0.1) is 0 Å². The average Bonchev–Trinajstić information content (AvgIpc) is 3.54. The summed E-state index contributed by atoms with van der Waals surface area (Å²) in [6, 6.07) is 20.8. The molecule has 1 saturated carbocycles. The predicted octanol–water partition coefficient (Wildman–Crippen LogP) is 5.47. The van der Waals surface area contributed by atoms with E-state index in [1.165, 1.54) is 0 Å². The summed E-state index contributed by atoms with van der Waals surface area (Å²) >= 11 is 0. The Hall–Kier alpha value is -2.17. The molecule has 2 aromatic carbocycles. The van der Waals surface area contributed by atoms with Crippen LogP contribution in [-0.4, -0.2) is 34.6 Å². The number of benzene rings is 2. The van der Waals surface area contributed by atoms with Crippen LogP contribution in [0.1, 0.15) is 58.1 Å². The molecule has 3 rings (SSSR count). The van der Waals surface area contributed by atoms with Crippen LogP contribution in [0.3, 0.4) is 0 Å². The number of aliphatic carboxylic acids is 1. The first-order valence-corrected chi connectivity index (χ1v) is 11.0. The van der Waals surface area contributed by atoms with Crippen LogP contribution in [0.15, 0.2) is 60.7 Å². The molecule has 0 amide bonds. The zero-order valence-electron chi connectivity index (χ0n) is 18.7. The molecule has 0 saturated heterocycles. The number of nitrogens with zero attached hydrogens (tertiary/aromatic N) is 1. The Morgan fingerprint density at radius 3 is 2.00 bits per heavy atom. The van der Waals surface area contributed by atoms with Crippen molar-refractivity contribution in [3.05, 3.63) is 71.8 Å². The fraction of sp³-hybridized carbons (Fsp3) is 0.500. The highest BCUT2D eigenvalue weighted by Gasteiger charge is 2.66. The fourth-order valence-corrected chi connectivity index (χ4v) is 4.76. The highest BCUT2D eigenvalue weighted by molar-refractivity contribution is 5.80. The summed E-state index contributed by atoms with van der Waals surface area (Å²) in [6.45, 7) is 9.96. The van der Waals surface area contributed by atoms with Crippen molar-refractivity contribution in [2.75, 3.05) is 6.54 Å². The normalized spacial score (nSPS) is 17.3. The number of carbonyl (C=O) groups is 1. The van der Waals surface area contributed by atoms with E-state index in [0.717, 1.165) is 17.7 Å². The largest absolute Gasteiger partial charge is 0.481 e. The van der Waals surface area contributed by atoms with Crippen LogP contribution in [-0.2, 0) is 21.7 Å². The molecule has 162 valence electrons. The molecular formula is C26H35NO3. The Bertz CT molecular complexity index is 807. The first-order chi connectivity index (χ1) is 14.3. The number of hydrogen-bond acceptors (Lipinski definition) is 3. The molecule has 0 heterocycles. The van der Waals surface area contributed by atoms with Crippen LogP contribution < -0.4 is 0 Å². The number of ether oxygens (including phenoxy) is 1. The van der Waals surface area contributed by atoms with Gasteiger partial charge in [0.25, 0.3) is 0 Å². The summed E-state index contributed by atoms with van der Waals surface area (Å²) in [5.41, 5.74) is 0.289. The lowest BCUT2D eigenvalue weighted by Crippen LogP contribution is -2.48. The van der Waals surface area contributed by atoms with E-state index in [1.54, 1.807) is 0 Å². The van der Waals surface area contributed by atoms with E-state index in [0.29, 0.717) is 38.0 Å². The maximum atomic E-state index is 12.5. The van der Waals surface area contributed by atoms with Gasteiger partial charge in [0, 0.05) is 18.6 Å². The molecule has 4 heteroatoms. The van der Waals surface area contributed by atoms with Crippen molar-refractivity contribution in [1.82, 2.24) is 4.90 Å². The number of hydrogen-bond donors (Lipinski definition) is 1. The van der Waals surface area contributed by atoms with Gasteiger partial charge in [-0.3, -0.25) is 9.69 Å². The Kier molecular flexibility index (Phi) is 6.99. The van der Waals surface area contributed by atoms with Gasteiger partial charge in [-0.2, -0.15) is 0 Å². The van der Waals surface area contributed by atoms with E-state index < -0.39 is 17.0 Å². The SMILES string of the molecule is CC(C)N(CCC(OCc1ccccc1)(c1ccccc1)C1(C(=O)O)CC1)C(C)C. The van der Waals surface area contributed by atoms with Gasteiger partial charge in [0.15, 0.2) is 0 Å². The van der Waals surface area contributed by atoms with E-state index in [9.17, 15) is 9.90 Å². The molecule has 1 aliphatic carbocycles. The maximum absolute atomic E-state index is 12.5. The van der Waals surface area contributed by atoms with E-state index in [2.05, 4.69) is 32.6 Å². The van der Waals surface area contributed by atoms with Crippen molar-refractivity contribution in [2.45, 2.75) is 71.2 Å². The second kappa shape index (κ2) is 9.32. The summed E-state index contributed by atoms with van der Waals surface area (Å²) in [6.07, 6.45) is 1.94. The molecule has 1 atom stereocenters. The third kappa shape index (κ3) is 4.45. The van der Waals surface area contributed by atoms with E-state index >= 15 is 0 Å². The number of carboxylic acid groups (broad SMARTS) is 1. The molecule has 1 fully saturated rings. The van der Waals surface area contributed by atoms with Gasteiger partial charge < -0.3 is 9.84 Å². The number of rotatable bonds is 11. The van der Waals surface area contributed by atoms with Crippen molar-refractivity contribution >= 4 is 5.97 Å². The Labute approximate surface area is 180 Å². The van der Waals surface area contributed by atoms with Crippen molar-refractivity contribution in [3.63, 3.8) is 0 Å². The van der Waals surface area contributed by atoms with Gasteiger partial charge in [-0.05, 0) is 58.1 Å². The Morgan fingerprint density at radius 2 is 1.53 bits per heavy atom. The van der Waals surface area contributed by atoms with Crippen molar-refractivity contribution in [3.8, 4) is 0 Å². The zero-order valence-corrected chi connectivity index (χ0v) is 18.7. The zero-order chi connectivity index (χ0) is 21.8. The summed E-state index contributed by atoms with van der Waals surface area (Å²) < 4.78 is 6.69. The van der Waals surface area contributed by atoms with Gasteiger partial charge in [0.1, 0.15) is 11.0 Å². The second-order valence-electron chi connectivity index (χ2n) is 9.03. The van der Waals surface area contributed by atoms with Crippen molar-refractivity contribution in [2.24, 2.45) is 5.41 Å². The lowest BCUT2D eigenvalue weighted by molar-refractivity contribution is -0.171. The second-order valence-corrected chi connectivity index (χ2v) is 9.03. The van der Waals surface area contributed by atoms with Crippen LogP contribution in [0.4, 0.5) is 0 Å². The third-order valence-corrected chi connectivity index (χ3v) is 6.55. The topological polar surface area (TPSA) is 49.8 Å². The molecule has 0 radical (unpaired) electrons. The predicted molar refractivity (Wildman–Crippen MR) is 120 cm³/mol. The first-order valence-electron chi connectivity index (χ1n) is 11.0. The quantitative estimate of drug-likeness (QED) is 0.534. The molecule has 1 aliphatic rings. The third-order valence-electron chi connectivity index (χ3n) is 6.55. The molecule has 4 nitrogen and oxygen atoms in total. The molecule has 2 aromatic rings. The first kappa shape index (κ1) is 22.5. The van der Waals surface area contributed by atoms with Crippen molar-refractivity contribution in [1.29, 1.82) is 0 Å². The molecule has 1 N–H and O–H groups in total. The minimum Gasteiger partial charge on any atom is -0.481 e. The Morgan fingerprint density at radius 1 is 1.00 bits per heavy atom. The summed E-state index contributed by atoms with van der Waals surface area (Å²) in [5.74, 6) is -0.750. The molecule has 1 unspecified atom stereocenters. The van der Waals surface area contributed by atoms with Gasteiger partial charge in [0.05, 0.1) is 6.61 Å². The van der Waals surface area contributed by atoms with E-state index in [4.69, 9.17) is 4.74 Å². The minimum absolute atomic E-state index is 0.382. The highest BCUT2D eigenvalue weighted by atomic mass is 16.5. The maximum Gasteiger partial charge on any atom is 0.312 e. The monoisotopic (exact) mass is 409 g/mol. The molecule has 0 bridgehead atoms. The summed E-state index contributed by atoms with van der Waals surface area (Å²) in [4.78, 5) is 15.0. The average molecular weight is 410 g/mol. The van der Waals surface area contributed by atoms with Crippen LogP contribution in [0, 0.1) is 5.41 Å². The van der Waals surface area contributed by atoms with Crippen LogP contribution in [0.25, 0.3) is 0 Å². The number of carboxylic acids is 1. The van der Waals surface area contributed by atoms with Gasteiger partial charge in [-0.25, -0.2) is 0 Å². The van der Waals surface area contributed by atoms with Crippen LogP contribution in [0.2, 0.25) is 0 Å². The Balaban J connectivity index is 2.01. The highest BCUT2D eigenvalue weighted by Crippen LogP contribution is 2.62. The van der Waals surface area contributed by atoms with Gasteiger partial charge in [0.2, 0.25) is 0 Å². The van der Waals surface area contributed by atoms with E-state index in [1.807, 2.05) is 60.7 Å². The summed E-state index contributed by atoms with van der Waals surface area (Å²) in [7, 11) is 0. The lowest BCUT2D eigenvalue weighted by atomic mass is 9.75. The molecule has 0 aromatic heterocycles. The molecular weight excluding hydrogens is 374 g/mol. The smallest absolute Gasteiger partial charge is 0.312 e. The molecule has 30 heavy (non-hydrogen) atoms. The van der Waals surface area contributed by atoms with Crippen LogP contribution in [0.5, 0.6) is 0 Å². The summed E-state index contributed by atoms with van der Waals surface area (Å²) in [5, 5.41) is 10.3. The van der Waals surface area contributed by atoms with E-state index in [-0.39, 0.29) is 0 Å². The van der Waals surface area contributed by atoms with Crippen LogP contribution >= 0.6 is 0 Å². The standard InChI is InChI=1S/C26H35NO3/c1-20(2)27(21(3)4)18-17-26(23-13-9-6-10-14-23,25(15-16-25)24(28)29)30-19-22-11-7-5-8-12-22/h5-14,20-21H,15-19H2,1-4H3,(H,28,29). The van der Waals surface area contributed by atoms with Crippen molar-refractivity contribution < 1.29 is 14.6 Å². The van der Waals surface area contributed by atoms with Gasteiger partial charge >= 0.3 is 5.97 Å². The minimum atomic E-state index is -0.872. The fourth-order valence-electron chi connectivity index (χ4n) is 4.76. The van der Waals surface area contributed by atoms with Gasteiger partial charge in [-0.1, -0.05) is 60.7 Å². The molecule has 0 aliphatic heterocycles. The lowest BCUT2D eigenvalue weighted by Gasteiger charge is -2.42. The molecule has 0 spiro atoms.